The highest BCUT2D eigenvalue weighted by Gasteiger charge is 2.11. The number of nitrogen functional groups attached to an aromatic ring is 1. The number of hydrazone groups is 1. The molecule has 9 heteroatoms. The van der Waals surface area contributed by atoms with Crippen LogP contribution in [0.4, 0.5) is 5.95 Å². The molecular formula is C23H21ClN6OS. The summed E-state index contributed by atoms with van der Waals surface area (Å²) in [6.07, 6.45) is 1.66. The van der Waals surface area contributed by atoms with E-state index in [4.69, 9.17) is 22.2 Å². The van der Waals surface area contributed by atoms with Crippen molar-refractivity contribution in [2.75, 3.05) is 11.3 Å². The van der Waals surface area contributed by atoms with E-state index in [-0.39, 0.29) is 0 Å². The predicted molar refractivity (Wildman–Crippen MR) is 130 cm³/mol. The topological polar surface area (TPSA) is 90.3 Å². The smallest absolute Gasteiger partial charge is 0.264 e. The zero-order valence-electron chi connectivity index (χ0n) is 17.1. The van der Waals surface area contributed by atoms with Gasteiger partial charge in [0, 0.05) is 16.3 Å². The lowest BCUT2D eigenvalue weighted by Crippen LogP contribution is -2.13. The summed E-state index contributed by atoms with van der Waals surface area (Å²) >= 11 is 7.64. The van der Waals surface area contributed by atoms with Crippen molar-refractivity contribution in [1.82, 2.24) is 14.9 Å². The number of nitrogens with two attached hydrogens (primary N) is 1. The Balaban J connectivity index is 1.37. The second-order valence-electron chi connectivity index (χ2n) is 6.74. The monoisotopic (exact) mass is 464 g/mol. The van der Waals surface area contributed by atoms with Crippen LogP contribution in [0.15, 0.2) is 89.1 Å². The van der Waals surface area contributed by atoms with Crippen molar-refractivity contribution in [1.29, 1.82) is 0 Å². The molecule has 1 heterocycles. The van der Waals surface area contributed by atoms with Crippen LogP contribution in [0.1, 0.15) is 16.7 Å². The number of anilines is 1. The van der Waals surface area contributed by atoms with Gasteiger partial charge in [-0.2, -0.15) is 5.10 Å². The second-order valence-corrected chi connectivity index (χ2v) is 8.09. The first kappa shape index (κ1) is 21.7. The lowest BCUT2D eigenvalue weighted by Gasteiger charge is -2.09. The van der Waals surface area contributed by atoms with Crippen molar-refractivity contribution in [2.24, 2.45) is 5.10 Å². The minimum atomic E-state index is 0.325. The van der Waals surface area contributed by atoms with Gasteiger partial charge < -0.3 is 10.6 Å². The van der Waals surface area contributed by atoms with E-state index >= 15 is 0 Å². The summed E-state index contributed by atoms with van der Waals surface area (Å²) < 4.78 is 7.30. The Labute approximate surface area is 195 Å². The summed E-state index contributed by atoms with van der Waals surface area (Å²) in [7, 11) is 0. The van der Waals surface area contributed by atoms with Gasteiger partial charge in [-0.1, -0.05) is 84.0 Å². The van der Waals surface area contributed by atoms with Crippen LogP contribution in [0.5, 0.6) is 5.75 Å². The molecule has 0 amide bonds. The van der Waals surface area contributed by atoms with Crippen molar-refractivity contribution >= 4 is 35.5 Å². The minimum Gasteiger partial charge on any atom is -0.488 e. The molecular weight excluding hydrogens is 444 g/mol. The van der Waals surface area contributed by atoms with Crippen LogP contribution in [0.2, 0.25) is 5.02 Å². The number of nitrogens with one attached hydrogen (secondary N) is 1. The molecule has 0 spiro atoms. The SMILES string of the molecule is Nn1c(N/N=C/c2ccccc2OCc2ccccc2)nnc1SCc1ccccc1Cl. The first-order chi connectivity index (χ1) is 15.7. The third-order valence-corrected chi connectivity index (χ3v) is 5.86. The summed E-state index contributed by atoms with van der Waals surface area (Å²) in [6.45, 7) is 0.474. The third-order valence-electron chi connectivity index (χ3n) is 4.50. The Morgan fingerprint density at radius 1 is 1.00 bits per heavy atom. The maximum atomic E-state index is 6.20. The summed E-state index contributed by atoms with van der Waals surface area (Å²) in [5.41, 5.74) is 5.75. The standard InChI is InChI=1S/C23H21ClN6OS/c24-20-12-6-4-11-19(20)16-32-23-29-28-22(30(23)25)27-26-14-18-10-5-7-13-21(18)31-15-17-8-2-1-3-9-17/h1-14H,15-16,25H2,(H,27,28)/b26-14+. The van der Waals surface area contributed by atoms with Crippen LogP contribution in [0.25, 0.3) is 0 Å². The number of thioether (sulfide) groups is 1. The van der Waals surface area contributed by atoms with Gasteiger partial charge in [0.1, 0.15) is 12.4 Å². The Kier molecular flexibility index (Phi) is 7.27. The molecule has 0 unspecified atom stereocenters. The van der Waals surface area contributed by atoms with Crippen molar-refractivity contribution in [2.45, 2.75) is 17.5 Å². The van der Waals surface area contributed by atoms with Crippen LogP contribution < -0.4 is 16.0 Å². The molecule has 0 saturated heterocycles. The lowest BCUT2D eigenvalue weighted by atomic mass is 10.2. The fraction of sp³-hybridized carbons (Fsp3) is 0.0870. The number of nitrogens with zero attached hydrogens (tertiary/aromatic N) is 4. The molecule has 0 saturated carbocycles. The molecule has 0 fully saturated rings. The van der Waals surface area contributed by atoms with Crippen LogP contribution >= 0.6 is 23.4 Å². The molecule has 0 radical (unpaired) electrons. The number of aromatic nitrogens is 3. The Morgan fingerprint density at radius 2 is 1.75 bits per heavy atom. The van der Waals surface area contributed by atoms with Gasteiger partial charge in [-0.3, -0.25) is 0 Å². The molecule has 0 atom stereocenters. The lowest BCUT2D eigenvalue weighted by molar-refractivity contribution is 0.306. The van der Waals surface area contributed by atoms with Crippen LogP contribution in [-0.2, 0) is 12.4 Å². The van der Waals surface area contributed by atoms with E-state index in [2.05, 4.69) is 20.7 Å². The van der Waals surface area contributed by atoms with E-state index in [0.29, 0.717) is 28.5 Å². The third kappa shape index (κ3) is 5.60. The maximum Gasteiger partial charge on any atom is 0.264 e. The first-order valence-electron chi connectivity index (χ1n) is 9.82. The maximum absolute atomic E-state index is 6.20. The van der Waals surface area contributed by atoms with Gasteiger partial charge in [-0.05, 0) is 29.3 Å². The molecule has 3 aromatic carbocycles. The van der Waals surface area contributed by atoms with Gasteiger partial charge in [-0.25, -0.2) is 10.1 Å². The Bertz CT molecular complexity index is 1200. The summed E-state index contributed by atoms with van der Waals surface area (Å²) in [5.74, 6) is 7.79. The summed E-state index contributed by atoms with van der Waals surface area (Å²) in [4.78, 5) is 0. The van der Waals surface area contributed by atoms with Crippen molar-refractivity contribution in [3.8, 4) is 5.75 Å². The average molecular weight is 465 g/mol. The number of ether oxygens (including phenoxy) is 1. The van der Waals surface area contributed by atoms with Crippen LogP contribution in [0, 0.1) is 0 Å². The molecule has 0 bridgehead atoms. The van der Waals surface area contributed by atoms with E-state index < -0.39 is 0 Å². The average Bonchev–Trinajstić information content (AvgIpc) is 3.18. The fourth-order valence-electron chi connectivity index (χ4n) is 2.82. The predicted octanol–water partition coefficient (Wildman–Crippen LogP) is 4.96. The quantitative estimate of drug-likeness (QED) is 0.157. The minimum absolute atomic E-state index is 0.325. The van der Waals surface area contributed by atoms with Gasteiger partial charge in [0.2, 0.25) is 5.16 Å². The van der Waals surface area contributed by atoms with Crippen molar-refractivity contribution in [3.05, 3.63) is 101 Å². The molecule has 1 aromatic heterocycles. The Morgan fingerprint density at radius 3 is 2.59 bits per heavy atom. The van der Waals surface area contributed by atoms with Crippen molar-refractivity contribution in [3.63, 3.8) is 0 Å². The molecule has 0 aliphatic carbocycles. The van der Waals surface area contributed by atoms with Gasteiger partial charge in [0.15, 0.2) is 0 Å². The Hall–Kier alpha value is -3.49. The highest BCUT2D eigenvalue weighted by Crippen LogP contribution is 2.25. The number of halogens is 1. The normalized spacial score (nSPS) is 11.0. The van der Waals surface area contributed by atoms with E-state index in [0.717, 1.165) is 22.4 Å². The highest BCUT2D eigenvalue weighted by atomic mass is 35.5. The van der Waals surface area contributed by atoms with Gasteiger partial charge in [-0.15, -0.1) is 10.2 Å². The fourth-order valence-corrected chi connectivity index (χ4v) is 3.97. The van der Waals surface area contributed by atoms with Gasteiger partial charge in [0.25, 0.3) is 5.95 Å². The highest BCUT2D eigenvalue weighted by molar-refractivity contribution is 7.98. The first-order valence-corrected chi connectivity index (χ1v) is 11.2. The summed E-state index contributed by atoms with van der Waals surface area (Å²) in [5, 5.41) is 13.7. The molecule has 4 aromatic rings. The zero-order chi connectivity index (χ0) is 22.2. The largest absolute Gasteiger partial charge is 0.488 e. The molecule has 7 nitrogen and oxygen atoms in total. The molecule has 3 N–H and O–H groups in total. The molecule has 4 rings (SSSR count). The number of rotatable bonds is 9. The van der Waals surface area contributed by atoms with E-state index in [1.54, 1.807) is 6.21 Å². The molecule has 32 heavy (non-hydrogen) atoms. The summed E-state index contributed by atoms with van der Waals surface area (Å²) in [6, 6.07) is 25.3. The number of para-hydroxylation sites is 1. The van der Waals surface area contributed by atoms with E-state index in [1.807, 2.05) is 78.9 Å². The molecule has 0 aliphatic heterocycles. The van der Waals surface area contributed by atoms with Crippen molar-refractivity contribution < 1.29 is 4.74 Å². The number of benzene rings is 3. The number of hydrogen-bond donors (Lipinski definition) is 2. The van der Waals surface area contributed by atoms with Gasteiger partial charge >= 0.3 is 0 Å². The van der Waals surface area contributed by atoms with Crippen LogP contribution in [0.3, 0.4) is 0 Å². The van der Waals surface area contributed by atoms with Crippen LogP contribution in [-0.4, -0.2) is 21.1 Å². The van der Waals surface area contributed by atoms with E-state index in [9.17, 15) is 0 Å². The second kappa shape index (κ2) is 10.7. The van der Waals surface area contributed by atoms with Gasteiger partial charge in [0.05, 0.1) is 6.21 Å². The zero-order valence-corrected chi connectivity index (χ0v) is 18.6. The molecule has 0 aliphatic rings. The molecule has 162 valence electrons. The number of hydrogen-bond acceptors (Lipinski definition) is 7. The van der Waals surface area contributed by atoms with E-state index in [1.165, 1.54) is 16.4 Å².